The first-order valence-electron chi connectivity index (χ1n) is 8.29. The third kappa shape index (κ3) is 2.19. The van der Waals surface area contributed by atoms with Crippen LogP contribution in [0.25, 0.3) is 21.9 Å². The number of hydrogen-bond donors (Lipinski definition) is 1. The van der Waals surface area contributed by atoms with Gasteiger partial charge >= 0.3 is 0 Å². The molecule has 5 nitrogen and oxygen atoms in total. The van der Waals surface area contributed by atoms with E-state index in [-0.39, 0.29) is 11.8 Å². The fraction of sp³-hybridized carbons (Fsp3) is 0.316. The van der Waals surface area contributed by atoms with Crippen LogP contribution in [-0.4, -0.2) is 21.4 Å². The molecule has 2 amide bonds. The quantitative estimate of drug-likeness (QED) is 0.737. The van der Waals surface area contributed by atoms with Crippen LogP contribution in [0.15, 0.2) is 36.4 Å². The third-order valence-corrected chi connectivity index (χ3v) is 4.69. The van der Waals surface area contributed by atoms with E-state index in [9.17, 15) is 9.59 Å². The Kier molecular flexibility index (Phi) is 3.37. The second kappa shape index (κ2) is 5.44. The molecule has 1 aromatic carbocycles. The molecule has 0 spiro atoms. The lowest BCUT2D eigenvalue weighted by Crippen LogP contribution is -2.41. The number of hydrogen-bond acceptors (Lipinski definition) is 3. The van der Waals surface area contributed by atoms with E-state index in [2.05, 4.69) is 31.3 Å². The van der Waals surface area contributed by atoms with Crippen molar-refractivity contribution in [2.75, 3.05) is 0 Å². The largest absolute Gasteiger partial charge is 0.313 e. The summed E-state index contributed by atoms with van der Waals surface area (Å²) in [5, 5.41) is 4.58. The highest BCUT2D eigenvalue weighted by molar-refractivity contribution is 6.08. The van der Waals surface area contributed by atoms with E-state index in [1.54, 1.807) is 0 Å². The molecule has 122 valence electrons. The Hall–Kier alpha value is -2.69. The number of aromatic nitrogens is 2. The molecule has 1 unspecified atom stereocenters. The first kappa shape index (κ1) is 14.9. The smallest absolute Gasteiger partial charge is 0.249 e. The molecule has 1 aliphatic heterocycles. The minimum atomic E-state index is -0.403. The van der Waals surface area contributed by atoms with E-state index < -0.39 is 6.04 Å². The average Bonchev–Trinajstić information content (AvgIpc) is 2.89. The number of imide groups is 1. The van der Waals surface area contributed by atoms with E-state index in [1.807, 2.05) is 28.8 Å². The molecule has 0 radical (unpaired) electrons. The minimum Gasteiger partial charge on any atom is -0.313 e. The van der Waals surface area contributed by atoms with Gasteiger partial charge < -0.3 is 4.57 Å². The number of benzene rings is 1. The average molecular weight is 321 g/mol. The second-order valence-electron chi connectivity index (χ2n) is 6.62. The van der Waals surface area contributed by atoms with Crippen LogP contribution in [0, 0.1) is 0 Å². The fourth-order valence-corrected chi connectivity index (χ4v) is 3.45. The molecule has 5 heteroatoms. The van der Waals surface area contributed by atoms with Gasteiger partial charge in [0, 0.05) is 22.9 Å². The number of para-hydroxylation sites is 1. The van der Waals surface area contributed by atoms with Gasteiger partial charge in [0.1, 0.15) is 11.7 Å². The normalized spacial score (nSPS) is 18.5. The van der Waals surface area contributed by atoms with Crippen molar-refractivity contribution >= 4 is 33.8 Å². The standard InChI is InChI=1S/C19H19N3O2/c1-11(2)14-8-7-13-12-5-3-4-6-15(12)22(18(13)20-14)16-9-10-17(23)21-19(16)24/h3-8,11,16H,9-10H2,1-2H3,(H,21,23,24). The van der Waals surface area contributed by atoms with Crippen LogP contribution in [0.2, 0.25) is 0 Å². The molecular formula is C19H19N3O2. The third-order valence-electron chi connectivity index (χ3n) is 4.69. The molecule has 1 atom stereocenters. The Morgan fingerprint density at radius 2 is 1.92 bits per heavy atom. The Labute approximate surface area is 139 Å². The van der Waals surface area contributed by atoms with E-state index in [0.29, 0.717) is 18.8 Å². The van der Waals surface area contributed by atoms with Crippen molar-refractivity contribution in [3.05, 3.63) is 42.1 Å². The minimum absolute atomic E-state index is 0.201. The highest BCUT2D eigenvalue weighted by atomic mass is 16.2. The number of nitrogens with zero attached hydrogens (tertiary/aromatic N) is 2. The Bertz CT molecular complexity index is 971. The highest BCUT2D eigenvalue weighted by Gasteiger charge is 2.30. The van der Waals surface area contributed by atoms with E-state index in [0.717, 1.165) is 27.6 Å². The number of carbonyl (C=O) groups is 2. The molecule has 3 aromatic rings. The maximum absolute atomic E-state index is 12.4. The van der Waals surface area contributed by atoms with Crippen LogP contribution in [-0.2, 0) is 9.59 Å². The van der Waals surface area contributed by atoms with Gasteiger partial charge in [-0.05, 0) is 30.5 Å². The van der Waals surface area contributed by atoms with Crippen LogP contribution in [0.5, 0.6) is 0 Å². The maximum atomic E-state index is 12.4. The number of amides is 2. The molecule has 1 saturated heterocycles. The molecule has 2 aromatic heterocycles. The summed E-state index contributed by atoms with van der Waals surface area (Å²) in [6.07, 6.45) is 0.861. The number of carbonyl (C=O) groups excluding carboxylic acids is 2. The number of pyridine rings is 1. The van der Waals surface area contributed by atoms with Crippen LogP contribution in [0.1, 0.15) is 44.3 Å². The summed E-state index contributed by atoms with van der Waals surface area (Å²) >= 11 is 0. The Morgan fingerprint density at radius 1 is 1.12 bits per heavy atom. The zero-order valence-corrected chi connectivity index (χ0v) is 13.7. The molecular weight excluding hydrogens is 302 g/mol. The van der Waals surface area contributed by atoms with E-state index in [1.165, 1.54) is 0 Å². The van der Waals surface area contributed by atoms with Crippen molar-refractivity contribution in [2.24, 2.45) is 0 Å². The summed E-state index contributed by atoms with van der Waals surface area (Å²) in [6, 6.07) is 11.8. The maximum Gasteiger partial charge on any atom is 0.249 e. The molecule has 0 saturated carbocycles. The van der Waals surface area contributed by atoms with Crippen molar-refractivity contribution in [1.29, 1.82) is 0 Å². The number of piperidine rings is 1. The van der Waals surface area contributed by atoms with Gasteiger partial charge in [-0.15, -0.1) is 0 Å². The van der Waals surface area contributed by atoms with Gasteiger partial charge in [-0.2, -0.15) is 0 Å². The van der Waals surface area contributed by atoms with Gasteiger partial charge in [0.05, 0.1) is 5.52 Å². The predicted octanol–water partition coefficient (Wildman–Crippen LogP) is 3.29. The van der Waals surface area contributed by atoms with Crippen LogP contribution in [0.4, 0.5) is 0 Å². The molecule has 24 heavy (non-hydrogen) atoms. The number of rotatable bonds is 2. The lowest BCUT2D eigenvalue weighted by atomic mass is 10.1. The van der Waals surface area contributed by atoms with Crippen molar-refractivity contribution in [2.45, 2.75) is 38.6 Å². The van der Waals surface area contributed by atoms with Gasteiger partial charge in [-0.25, -0.2) is 4.98 Å². The van der Waals surface area contributed by atoms with Crippen molar-refractivity contribution in [3.8, 4) is 0 Å². The molecule has 1 fully saturated rings. The van der Waals surface area contributed by atoms with E-state index >= 15 is 0 Å². The fourth-order valence-electron chi connectivity index (χ4n) is 3.45. The predicted molar refractivity (Wildman–Crippen MR) is 92.7 cm³/mol. The first-order valence-corrected chi connectivity index (χ1v) is 8.29. The molecule has 4 rings (SSSR count). The summed E-state index contributed by atoms with van der Waals surface area (Å²) in [6.45, 7) is 4.21. The summed E-state index contributed by atoms with van der Waals surface area (Å²) in [5.74, 6) is -0.138. The van der Waals surface area contributed by atoms with Crippen molar-refractivity contribution in [3.63, 3.8) is 0 Å². The molecule has 3 heterocycles. The molecule has 1 aliphatic rings. The first-order chi connectivity index (χ1) is 11.6. The highest BCUT2D eigenvalue weighted by Crippen LogP contribution is 2.34. The molecule has 0 bridgehead atoms. The van der Waals surface area contributed by atoms with Crippen LogP contribution < -0.4 is 5.32 Å². The summed E-state index contributed by atoms with van der Waals surface area (Å²) in [5.41, 5.74) is 2.80. The lowest BCUT2D eigenvalue weighted by molar-refractivity contribution is -0.135. The van der Waals surface area contributed by atoms with Gasteiger partial charge in [0.2, 0.25) is 11.8 Å². The zero-order valence-electron chi connectivity index (χ0n) is 13.7. The monoisotopic (exact) mass is 321 g/mol. The summed E-state index contributed by atoms with van der Waals surface area (Å²) in [4.78, 5) is 28.8. The van der Waals surface area contributed by atoms with Crippen LogP contribution in [0.3, 0.4) is 0 Å². The van der Waals surface area contributed by atoms with Gasteiger partial charge in [0.25, 0.3) is 0 Å². The summed E-state index contributed by atoms with van der Waals surface area (Å²) in [7, 11) is 0. The van der Waals surface area contributed by atoms with E-state index in [4.69, 9.17) is 4.98 Å². The second-order valence-corrected chi connectivity index (χ2v) is 6.62. The topological polar surface area (TPSA) is 64.0 Å². The molecule has 1 N–H and O–H groups in total. The Balaban J connectivity index is 2.01. The number of fused-ring (bicyclic) bond motifs is 3. The van der Waals surface area contributed by atoms with Crippen molar-refractivity contribution in [1.82, 2.24) is 14.9 Å². The lowest BCUT2D eigenvalue weighted by Gasteiger charge is -2.23. The van der Waals surface area contributed by atoms with Gasteiger partial charge in [-0.3, -0.25) is 14.9 Å². The number of nitrogens with one attached hydrogen (secondary N) is 1. The van der Waals surface area contributed by atoms with Gasteiger partial charge in [-0.1, -0.05) is 32.0 Å². The SMILES string of the molecule is CC(C)c1ccc2c3ccccc3n(C3CCC(=O)NC3=O)c2n1. The Morgan fingerprint density at radius 3 is 2.67 bits per heavy atom. The zero-order chi connectivity index (χ0) is 16.8. The summed E-state index contributed by atoms with van der Waals surface area (Å²) < 4.78 is 2.00. The molecule has 0 aliphatic carbocycles. The van der Waals surface area contributed by atoms with Crippen molar-refractivity contribution < 1.29 is 9.59 Å². The van der Waals surface area contributed by atoms with Gasteiger partial charge in [0.15, 0.2) is 0 Å². The van der Waals surface area contributed by atoms with Crippen LogP contribution >= 0.6 is 0 Å².